The lowest BCUT2D eigenvalue weighted by Gasteiger charge is -2.28. The van der Waals surface area contributed by atoms with Crippen LogP contribution in [0.15, 0.2) is 48.5 Å². The minimum atomic E-state index is -4.00. The van der Waals surface area contributed by atoms with Gasteiger partial charge < -0.3 is 15.1 Å². The molecule has 0 radical (unpaired) electrons. The Morgan fingerprint density at radius 2 is 1.73 bits per heavy atom. The van der Waals surface area contributed by atoms with E-state index in [1.165, 1.54) is 0 Å². The molecule has 41 heavy (non-hydrogen) atoms. The van der Waals surface area contributed by atoms with Crippen LogP contribution in [0, 0.1) is 0 Å². The number of nitrogens with one attached hydrogen (secondary N) is 1. The highest BCUT2D eigenvalue weighted by Gasteiger charge is 2.28. The van der Waals surface area contributed by atoms with Gasteiger partial charge in [-0.15, -0.1) is 5.10 Å². The third-order valence-corrected chi connectivity index (χ3v) is 7.93. The summed E-state index contributed by atoms with van der Waals surface area (Å²) in [4.78, 5) is 37.3. The van der Waals surface area contributed by atoms with E-state index in [-0.39, 0.29) is 31.3 Å². The van der Waals surface area contributed by atoms with Gasteiger partial charge in [0.15, 0.2) is 0 Å². The van der Waals surface area contributed by atoms with Crippen molar-refractivity contribution < 1.29 is 28.1 Å². The number of benzene rings is 2. The van der Waals surface area contributed by atoms with Crippen LogP contribution in [0.4, 0.5) is 5.69 Å². The lowest BCUT2D eigenvalue weighted by Crippen LogP contribution is -2.33. The normalized spacial score (nSPS) is 13.9. The number of anilines is 1. The number of phosphoric ester groups is 1. The van der Waals surface area contributed by atoms with Crippen LogP contribution in [0.5, 0.6) is 0 Å². The number of amides is 2. The quantitative estimate of drug-likeness (QED) is 0.212. The summed E-state index contributed by atoms with van der Waals surface area (Å²) in [5.41, 5.74) is 5.13. The lowest BCUT2D eigenvalue weighted by molar-refractivity contribution is -0.125. The van der Waals surface area contributed by atoms with Crippen LogP contribution in [0.1, 0.15) is 57.9 Å². The maximum atomic E-state index is 13.5. The second kappa shape index (κ2) is 14.0. The van der Waals surface area contributed by atoms with Crippen molar-refractivity contribution in [2.75, 3.05) is 18.1 Å². The molecule has 1 aliphatic heterocycles. The zero-order chi connectivity index (χ0) is 29.4. The summed E-state index contributed by atoms with van der Waals surface area (Å²) in [5, 5.41) is 11.6. The van der Waals surface area contributed by atoms with Crippen LogP contribution in [0.2, 0.25) is 0 Å². The predicted molar refractivity (Wildman–Crippen MR) is 156 cm³/mol. The number of carbonyl (C=O) groups excluding carboxylic acids is 2. The summed E-state index contributed by atoms with van der Waals surface area (Å²) in [6, 6.07) is 15.6. The molecule has 0 fully saturated rings. The SMILES string of the molecule is CC(C)OP(=O)(O)OCCCCCCNC(=O)CCC(=O)N1Cc2ccccc2-c2nnn(C)c2-c2ccccc21. The van der Waals surface area contributed by atoms with Crippen molar-refractivity contribution in [2.45, 2.75) is 65.0 Å². The van der Waals surface area contributed by atoms with Crippen molar-refractivity contribution in [1.82, 2.24) is 20.3 Å². The fourth-order valence-corrected chi connectivity index (χ4v) is 5.80. The third kappa shape index (κ3) is 8.10. The van der Waals surface area contributed by atoms with Gasteiger partial charge in [0, 0.05) is 37.6 Å². The van der Waals surface area contributed by atoms with Gasteiger partial charge in [-0.3, -0.25) is 18.6 Å². The van der Waals surface area contributed by atoms with E-state index in [2.05, 4.69) is 15.6 Å². The summed E-state index contributed by atoms with van der Waals surface area (Å²) in [6.07, 6.45) is 2.78. The minimum Gasteiger partial charge on any atom is -0.356 e. The number of unbranched alkanes of at least 4 members (excludes halogenated alkanes) is 3. The van der Waals surface area contributed by atoms with E-state index in [1.807, 2.05) is 55.6 Å². The van der Waals surface area contributed by atoms with E-state index >= 15 is 0 Å². The molecule has 220 valence electrons. The second-order valence-corrected chi connectivity index (χ2v) is 11.7. The molecule has 1 unspecified atom stereocenters. The fraction of sp³-hybridized carbons (Fsp3) is 0.448. The summed E-state index contributed by atoms with van der Waals surface area (Å²) < 4.78 is 23.2. The molecule has 12 heteroatoms. The van der Waals surface area contributed by atoms with Crippen LogP contribution in [-0.4, -0.2) is 51.0 Å². The molecule has 2 amide bonds. The average molecular weight is 584 g/mol. The Morgan fingerprint density at radius 3 is 2.51 bits per heavy atom. The number of fused-ring (bicyclic) bond motifs is 5. The number of para-hydroxylation sites is 1. The van der Waals surface area contributed by atoms with Gasteiger partial charge in [-0.05, 0) is 38.3 Å². The molecule has 0 aliphatic carbocycles. The summed E-state index contributed by atoms with van der Waals surface area (Å²) in [6.45, 7) is 4.33. The van der Waals surface area contributed by atoms with Crippen molar-refractivity contribution in [3.8, 4) is 22.5 Å². The largest absolute Gasteiger partial charge is 0.472 e. The molecule has 2 aromatic carbocycles. The van der Waals surface area contributed by atoms with Gasteiger partial charge in [-0.1, -0.05) is 60.5 Å². The van der Waals surface area contributed by atoms with Gasteiger partial charge >= 0.3 is 7.82 Å². The molecule has 1 aliphatic rings. The van der Waals surface area contributed by atoms with E-state index < -0.39 is 13.9 Å². The number of carbonyl (C=O) groups is 2. The molecule has 11 nitrogen and oxygen atoms in total. The molecule has 0 saturated heterocycles. The molecule has 4 rings (SSSR count). The summed E-state index contributed by atoms with van der Waals surface area (Å²) in [7, 11) is -2.16. The first-order valence-electron chi connectivity index (χ1n) is 14.0. The van der Waals surface area contributed by atoms with Crippen LogP contribution in [0.25, 0.3) is 22.5 Å². The molecule has 1 atom stereocenters. The average Bonchev–Trinajstić information content (AvgIpc) is 3.30. The van der Waals surface area contributed by atoms with E-state index in [0.717, 1.165) is 53.0 Å². The fourth-order valence-electron chi connectivity index (χ4n) is 4.85. The van der Waals surface area contributed by atoms with E-state index in [1.54, 1.807) is 23.4 Å². The molecule has 2 heterocycles. The molecule has 0 bridgehead atoms. The molecule has 0 saturated carbocycles. The van der Waals surface area contributed by atoms with Crippen LogP contribution in [0.3, 0.4) is 0 Å². The molecular weight excluding hydrogens is 545 g/mol. The van der Waals surface area contributed by atoms with Gasteiger partial charge in [0.1, 0.15) is 5.69 Å². The number of aromatic nitrogens is 3. The highest BCUT2D eigenvalue weighted by atomic mass is 31.2. The maximum absolute atomic E-state index is 13.5. The number of rotatable bonds is 13. The Balaban J connectivity index is 1.28. The molecular formula is C29H38N5O6P. The first-order chi connectivity index (χ1) is 19.7. The Morgan fingerprint density at radius 1 is 1.02 bits per heavy atom. The maximum Gasteiger partial charge on any atom is 0.472 e. The zero-order valence-corrected chi connectivity index (χ0v) is 24.7. The van der Waals surface area contributed by atoms with Gasteiger partial charge in [-0.2, -0.15) is 0 Å². The van der Waals surface area contributed by atoms with Gasteiger partial charge in [0.25, 0.3) is 0 Å². The third-order valence-electron chi connectivity index (χ3n) is 6.74. The smallest absolute Gasteiger partial charge is 0.356 e. The van der Waals surface area contributed by atoms with Gasteiger partial charge in [-0.25, -0.2) is 9.25 Å². The van der Waals surface area contributed by atoms with Crippen LogP contribution >= 0.6 is 7.82 Å². The van der Waals surface area contributed by atoms with Crippen molar-refractivity contribution in [2.24, 2.45) is 7.05 Å². The molecule has 2 N–H and O–H groups in total. The first-order valence-corrected chi connectivity index (χ1v) is 15.5. The Hall–Kier alpha value is -3.37. The first kappa shape index (κ1) is 30.6. The van der Waals surface area contributed by atoms with Gasteiger partial charge in [0.05, 0.1) is 30.6 Å². The van der Waals surface area contributed by atoms with E-state index in [4.69, 9.17) is 9.05 Å². The zero-order valence-electron chi connectivity index (χ0n) is 23.8. The monoisotopic (exact) mass is 583 g/mol. The standard InChI is InChI=1S/C29H38N5O6P/c1-21(2)40-41(37,38)39-19-11-5-4-10-18-30-26(35)16-17-27(36)34-20-22-12-6-7-13-23(22)28-29(33(3)32-31-28)24-14-8-9-15-25(24)34/h6-9,12-15,21H,4-5,10-11,16-20H2,1-3H3,(H,30,35)(H,37,38). The van der Waals surface area contributed by atoms with E-state index in [9.17, 15) is 19.0 Å². The second-order valence-electron chi connectivity index (χ2n) is 10.3. The van der Waals surface area contributed by atoms with Crippen LogP contribution < -0.4 is 10.2 Å². The Kier molecular flexibility index (Phi) is 10.4. The molecule has 0 spiro atoms. The number of nitrogens with zero attached hydrogens (tertiary/aromatic N) is 4. The minimum absolute atomic E-state index is 0.0792. The summed E-state index contributed by atoms with van der Waals surface area (Å²) >= 11 is 0. The van der Waals surface area contributed by atoms with E-state index in [0.29, 0.717) is 19.5 Å². The summed E-state index contributed by atoms with van der Waals surface area (Å²) in [5.74, 6) is -0.309. The van der Waals surface area contributed by atoms with Gasteiger partial charge in [0.2, 0.25) is 11.8 Å². The highest BCUT2D eigenvalue weighted by Crippen LogP contribution is 2.44. The number of aryl methyl sites for hydroxylation is 1. The lowest BCUT2D eigenvalue weighted by atomic mass is 9.95. The van der Waals surface area contributed by atoms with Crippen molar-refractivity contribution in [3.05, 3.63) is 54.1 Å². The predicted octanol–water partition coefficient (Wildman–Crippen LogP) is 4.99. The highest BCUT2D eigenvalue weighted by molar-refractivity contribution is 7.47. The van der Waals surface area contributed by atoms with Crippen LogP contribution in [-0.2, 0) is 36.8 Å². The topological polar surface area (TPSA) is 136 Å². The number of hydrogen-bond donors (Lipinski definition) is 2. The molecule has 1 aromatic heterocycles. The number of phosphoric acid groups is 1. The van der Waals surface area contributed by atoms with Crippen molar-refractivity contribution >= 4 is 25.3 Å². The molecule has 3 aromatic rings. The van der Waals surface area contributed by atoms with Crippen molar-refractivity contribution in [1.29, 1.82) is 0 Å². The Bertz CT molecular complexity index is 1410. The number of hydrogen-bond acceptors (Lipinski definition) is 7. The van der Waals surface area contributed by atoms with Crippen molar-refractivity contribution in [3.63, 3.8) is 0 Å². The Labute approximate surface area is 240 Å².